The van der Waals surface area contributed by atoms with Crippen LogP contribution in [-0.2, 0) is 4.79 Å². The summed E-state index contributed by atoms with van der Waals surface area (Å²) in [5.74, 6) is 5.98. The maximum Gasteiger partial charge on any atom is 0.239 e. The van der Waals surface area contributed by atoms with E-state index in [1.807, 2.05) is 32.0 Å². The molecular weight excluding hydrogens is 204 g/mol. The first kappa shape index (κ1) is 12.5. The Labute approximate surface area is 96.0 Å². The van der Waals surface area contributed by atoms with Gasteiger partial charge in [0.15, 0.2) is 0 Å². The summed E-state index contributed by atoms with van der Waals surface area (Å²) in [4.78, 5) is 11.2. The standard InChI is InChI=1S/C12H18N2O2/c1-9-4-5-11(10(2)8-9)16-7-6-12(15)14(3)13/h4-5,8H,6-7,13H2,1-3H3. The fourth-order valence-electron chi connectivity index (χ4n) is 1.39. The van der Waals surface area contributed by atoms with Crippen LogP contribution < -0.4 is 10.6 Å². The van der Waals surface area contributed by atoms with Gasteiger partial charge in [0.05, 0.1) is 13.0 Å². The minimum absolute atomic E-state index is 0.134. The summed E-state index contributed by atoms with van der Waals surface area (Å²) in [7, 11) is 1.53. The quantitative estimate of drug-likeness (QED) is 0.476. The first-order valence-corrected chi connectivity index (χ1v) is 5.22. The Hall–Kier alpha value is -1.55. The minimum Gasteiger partial charge on any atom is -0.493 e. The number of carbonyl (C=O) groups excluding carboxylic acids is 1. The molecule has 0 unspecified atom stereocenters. The molecule has 1 amide bonds. The number of amides is 1. The monoisotopic (exact) mass is 222 g/mol. The second kappa shape index (κ2) is 5.51. The molecule has 0 fully saturated rings. The van der Waals surface area contributed by atoms with Gasteiger partial charge in [0.2, 0.25) is 5.91 Å². The number of hydrogen-bond donors (Lipinski definition) is 1. The number of rotatable bonds is 4. The van der Waals surface area contributed by atoms with Gasteiger partial charge < -0.3 is 4.74 Å². The van der Waals surface area contributed by atoms with Crippen LogP contribution in [0.2, 0.25) is 0 Å². The first-order valence-electron chi connectivity index (χ1n) is 5.22. The first-order chi connectivity index (χ1) is 7.50. The molecule has 1 aromatic rings. The van der Waals surface area contributed by atoms with Crippen molar-refractivity contribution >= 4 is 5.91 Å². The number of hydrogen-bond acceptors (Lipinski definition) is 3. The Morgan fingerprint density at radius 1 is 1.44 bits per heavy atom. The van der Waals surface area contributed by atoms with Crippen molar-refractivity contribution in [1.82, 2.24) is 5.01 Å². The minimum atomic E-state index is -0.134. The van der Waals surface area contributed by atoms with Crippen LogP contribution in [0, 0.1) is 13.8 Å². The second-order valence-electron chi connectivity index (χ2n) is 3.87. The Kier molecular flexibility index (Phi) is 4.31. The van der Waals surface area contributed by atoms with Gasteiger partial charge in [0, 0.05) is 7.05 Å². The topological polar surface area (TPSA) is 55.6 Å². The summed E-state index contributed by atoms with van der Waals surface area (Å²) in [6.45, 7) is 4.37. The number of aryl methyl sites for hydroxylation is 2. The van der Waals surface area contributed by atoms with Crippen molar-refractivity contribution < 1.29 is 9.53 Å². The molecule has 0 aliphatic rings. The van der Waals surface area contributed by atoms with E-state index in [-0.39, 0.29) is 5.91 Å². The van der Waals surface area contributed by atoms with Crippen molar-refractivity contribution in [3.63, 3.8) is 0 Å². The second-order valence-corrected chi connectivity index (χ2v) is 3.87. The van der Waals surface area contributed by atoms with Crippen LogP contribution >= 0.6 is 0 Å². The van der Waals surface area contributed by atoms with Gasteiger partial charge >= 0.3 is 0 Å². The molecule has 0 bridgehead atoms. The average Bonchev–Trinajstić information content (AvgIpc) is 2.20. The molecule has 0 aliphatic carbocycles. The van der Waals surface area contributed by atoms with Crippen LogP contribution in [0.25, 0.3) is 0 Å². The lowest BCUT2D eigenvalue weighted by Gasteiger charge is -2.12. The van der Waals surface area contributed by atoms with Crippen molar-refractivity contribution in [1.29, 1.82) is 0 Å². The van der Waals surface area contributed by atoms with Gasteiger partial charge in [0.25, 0.3) is 0 Å². The summed E-state index contributed by atoms with van der Waals surface area (Å²) < 4.78 is 5.51. The van der Waals surface area contributed by atoms with Gasteiger partial charge in [-0.05, 0) is 25.5 Å². The largest absolute Gasteiger partial charge is 0.493 e. The van der Waals surface area contributed by atoms with E-state index in [2.05, 4.69) is 0 Å². The van der Waals surface area contributed by atoms with Crippen molar-refractivity contribution in [3.8, 4) is 5.75 Å². The summed E-state index contributed by atoms with van der Waals surface area (Å²) in [6.07, 6.45) is 0.292. The zero-order valence-electron chi connectivity index (χ0n) is 9.99. The van der Waals surface area contributed by atoms with Crippen LogP contribution in [0.5, 0.6) is 5.75 Å². The molecule has 0 aliphatic heterocycles. The lowest BCUT2D eigenvalue weighted by molar-refractivity contribution is -0.130. The molecule has 0 heterocycles. The number of nitrogens with zero attached hydrogens (tertiary/aromatic N) is 1. The van der Waals surface area contributed by atoms with Gasteiger partial charge in [-0.15, -0.1) is 0 Å². The Morgan fingerprint density at radius 3 is 2.69 bits per heavy atom. The predicted molar refractivity (Wildman–Crippen MR) is 63.0 cm³/mol. The molecule has 4 nitrogen and oxygen atoms in total. The van der Waals surface area contributed by atoms with E-state index in [1.54, 1.807) is 0 Å². The number of ether oxygens (including phenoxy) is 1. The van der Waals surface area contributed by atoms with E-state index in [0.717, 1.165) is 16.3 Å². The maximum atomic E-state index is 11.2. The van der Waals surface area contributed by atoms with Crippen LogP contribution in [0.1, 0.15) is 17.5 Å². The molecule has 4 heteroatoms. The zero-order valence-corrected chi connectivity index (χ0v) is 9.99. The van der Waals surface area contributed by atoms with Crippen molar-refractivity contribution in [2.45, 2.75) is 20.3 Å². The van der Waals surface area contributed by atoms with E-state index in [0.29, 0.717) is 13.0 Å². The van der Waals surface area contributed by atoms with E-state index in [9.17, 15) is 4.79 Å². The SMILES string of the molecule is Cc1ccc(OCCC(=O)N(C)N)c(C)c1. The molecule has 1 rings (SSSR count). The van der Waals surface area contributed by atoms with Crippen LogP contribution in [0.3, 0.4) is 0 Å². The molecular formula is C12H18N2O2. The highest BCUT2D eigenvalue weighted by molar-refractivity contribution is 5.75. The Balaban J connectivity index is 2.46. The van der Waals surface area contributed by atoms with E-state index >= 15 is 0 Å². The number of nitrogens with two attached hydrogens (primary N) is 1. The molecule has 88 valence electrons. The van der Waals surface area contributed by atoms with E-state index < -0.39 is 0 Å². The molecule has 0 atom stereocenters. The lowest BCUT2D eigenvalue weighted by atomic mass is 10.1. The highest BCUT2D eigenvalue weighted by Crippen LogP contribution is 2.18. The zero-order chi connectivity index (χ0) is 12.1. The third-order valence-corrected chi connectivity index (χ3v) is 2.30. The molecule has 0 radical (unpaired) electrons. The molecule has 2 N–H and O–H groups in total. The smallest absolute Gasteiger partial charge is 0.239 e. The molecule has 16 heavy (non-hydrogen) atoms. The third kappa shape index (κ3) is 3.55. The van der Waals surface area contributed by atoms with Crippen molar-refractivity contribution in [2.24, 2.45) is 5.84 Å². The summed E-state index contributed by atoms with van der Waals surface area (Å²) in [6, 6.07) is 5.95. The van der Waals surface area contributed by atoms with Crippen LogP contribution in [-0.4, -0.2) is 24.6 Å². The fraction of sp³-hybridized carbons (Fsp3) is 0.417. The molecule has 0 saturated heterocycles. The summed E-state index contributed by atoms with van der Waals surface area (Å²) in [5.41, 5.74) is 2.27. The molecule has 0 spiro atoms. The molecule has 0 aromatic heterocycles. The number of hydrazine groups is 1. The molecule has 0 saturated carbocycles. The lowest BCUT2D eigenvalue weighted by Crippen LogP contribution is -2.33. The summed E-state index contributed by atoms with van der Waals surface area (Å²) in [5, 5.41) is 1.07. The van der Waals surface area contributed by atoms with Gasteiger partial charge in [-0.2, -0.15) is 0 Å². The Morgan fingerprint density at radius 2 is 2.12 bits per heavy atom. The maximum absolute atomic E-state index is 11.2. The highest BCUT2D eigenvalue weighted by Gasteiger charge is 2.05. The van der Waals surface area contributed by atoms with Gasteiger partial charge in [0.1, 0.15) is 5.75 Å². The van der Waals surface area contributed by atoms with E-state index in [4.69, 9.17) is 10.6 Å². The average molecular weight is 222 g/mol. The summed E-state index contributed by atoms with van der Waals surface area (Å²) >= 11 is 0. The third-order valence-electron chi connectivity index (χ3n) is 2.30. The van der Waals surface area contributed by atoms with Gasteiger partial charge in [-0.25, -0.2) is 5.84 Å². The Bertz CT molecular complexity index is 375. The predicted octanol–water partition coefficient (Wildman–Crippen LogP) is 1.40. The van der Waals surface area contributed by atoms with Crippen molar-refractivity contribution in [2.75, 3.05) is 13.7 Å². The van der Waals surface area contributed by atoms with Crippen LogP contribution in [0.4, 0.5) is 0 Å². The fourth-order valence-corrected chi connectivity index (χ4v) is 1.39. The van der Waals surface area contributed by atoms with Gasteiger partial charge in [-0.1, -0.05) is 17.7 Å². The van der Waals surface area contributed by atoms with Gasteiger partial charge in [-0.3, -0.25) is 9.80 Å². The normalized spacial score (nSPS) is 10.0. The molecule has 1 aromatic carbocycles. The van der Waals surface area contributed by atoms with Crippen molar-refractivity contribution in [3.05, 3.63) is 29.3 Å². The highest BCUT2D eigenvalue weighted by atomic mass is 16.5. The van der Waals surface area contributed by atoms with E-state index in [1.165, 1.54) is 12.6 Å². The number of carbonyl (C=O) groups is 1. The van der Waals surface area contributed by atoms with Crippen LogP contribution in [0.15, 0.2) is 18.2 Å². The number of benzene rings is 1.